The number of amides is 1. The Balaban J connectivity index is 1.67. The predicted octanol–water partition coefficient (Wildman–Crippen LogP) is 3.88. The topological polar surface area (TPSA) is 44.8 Å². The molecule has 1 saturated heterocycles. The monoisotopic (exact) mass is 445 g/mol. The molecule has 8 heteroatoms. The van der Waals surface area contributed by atoms with Gasteiger partial charge in [0.05, 0.1) is 24.6 Å². The van der Waals surface area contributed by atoms with E-state index >= 15 is 0 Å². The Bertz CT molecular complexity index is 1010. The van der Waals surface area contributed by atoms with Crippen LogP contribution in [0.25, 0.3) is 0 Å². The number of fused-ring (bicyclic) bond motifs is 3. The average molecular weight is 445 g/mol. The third kappa shape index (κ3) is 4.26. The fourth-order valence-electron chi connectivity index (χ4n) is 4.64. The summed E-state index contributed by atoms with van der Waals surface area (Å²) in [4.78, 5) is 17.3. The zero-order chi connectivity index (χ0) is 22.9. The molecule has 5 nitrogen and oxygen atoms in total. The Morgan fingerprint density at radius 2 is 2.06 bits per heavy atom. The van der Waals surface area contributed by atoms with E-state index in [-0.39, 0.29) is 18.4 Å². The Kier molecular flexibility index (Phi) is 6.04. The minimum Gasteiger partial charge on any atom is -0.497 e. The normalized spacial score (nSPS) is 20.2. The fraction of sp³-hybridized carbons (Fsp3) is 0.375. The first-order valence-electron chi connectivity index (χ1n) is 10.6. The molecule has 2 atom stereocenters. The Morgan fingerprint density at radius 3 is 2.78 bits per heavy atom. The zero-order valence-corrected chi connectivity index (χ0v) is 17.9. The van der Waals surface area contributed by atoms with Crippen molar-refractivity contribution in [2.45, 2.75) is 18.6 Å². The van der Waals surface area contributed by atoms with Crippen LogP contribution in [0.5, 0.6) is 5.75 Å². The number of hydrogen-bond donors (Lipinski definition) is 1. The van der Waals surface area contributed by atoms with Crippen LogP contribution in [-0.2, 0) is 17.4 Å². The number of hydrogen-bond acceptors (Lipinski definition) is 4. The van der Waals surface area contributed by atoms with Crippen molar-refractivity contribution in [3.8, 4) is 5.75 Å². The van der Waals surface area contributed by atoms with E-state index in [4.69, 9.17) is 4.74 Å². The summed E-state index contributed by atoms with van der Waals surface area (Å²) in [5.74, 6) is 0.105. The van der Waals surface area contributed by atoms with E-state index in [2.05, 4.69) is 21.7 Å². The summed E-state index contributed by atoms with van der Waals surface area (Å²) in [5, 5.41) is 2.84. The van der Waals surface area contributed by atoms with Crippen LogP contribution in [0.3, 0.4) is 0 Å². The highest BCUT2D eigenvalue weighted by Crippen LogP contribution is 2.40. The molecule has 170 valence electrons. The molecule has 0 aliphatic carbocycles. The molecule has 2 heterocycles. The second kappa shape index (κ2) is 8.76. The van der Waals surface area contributed by atoms with E-state index in [0.717, 1.165) is 23.2 Å². The summed E-state index contributed by atoms with van der Waals surface area (Å²) in [5.41, 5.74) is 1.65. The summed E-state index contributed by atoms with van der Waals surface area (Å²) in [6.07, 6.45) is -2.56. The van der Waals surface area contributed by atoms with Crippen molar-refractivity contribution in [1.82, 2.24) is 5.32 Å². The van der Waals surface area contributed by atoms with Crippen molar-refractivity contribution in [2.24, 2.45) is 5.92 Å². The van der Waals surface area contributed by atoms with Gasteiger partial charge in [-0.1, -0.05) is 12.1 Å². The van der Waals surface area contributed by atoms with Crippen LogP contribution in [0.4, 0.5) is 24.5 Å². The highest BCUT2D eigenvalue weighted by Gasteiger charge is 2.42. The molecule has 4 rings (SSSR count). The number of benzene rings is 2. The van der Waals surface area contributed by atoms with Gasteiger partial charge in [0.15, 0.2) is 0 Å². The Labute approximate surface area is 185 Å². The first-order valence-corrected chi connectivity index (χ1v) is 10.6. The van der Waals surface area contributed by atoms with Crippen molar-refractivity contribution in [3.63, 3.8) is 0 Å². The maximum Gasteiger partial charge on any atom is 0.416 e. The number of alkyl halides is 3. The van der Waals surface area contributed by atoms with E-state index in [1.165, 1.54) is 6.07 Å². The van der Waals surface area contributed by atoms with E-state index < -0.39 is 17.7 Å². The van der Waals surface area contributed by atoms with Gasteiger partial charge in [-0.25, -0.2) is 0 Å². The van der Waals surface area contributed by atoms with Crippen LogP contribution < -0.4 is 19.9 Å². The van der Waals surface area contributed by atoms with Crippen LogP contribution in [-0.4, -0.2) is 45.2 Å². The number of ether oxygens (including phenoxy) is 1. The van der Waals surface area contributed by atoms with Gasteiger partial charge >= 0.3 is 6.18 Å². The van der Waals surface area contributed by atoms with Gasteiger partial charge in [0.1, 0.15) is 5.75 Å². The molecule has 1 amide bonds. The van der Waals surface area contributed by atoms with Gasteiger partial charge in [-0.15, -0.1) is 6.58 Å². The van der Waals surface area contributed by atoms with Gasteiger partial charge in [-0.2, -0.15) is 13.2 Å². The number of anilines is 2. The molecule has 0 radical (unpaired) electrons. The van der Waals surface area contributed by atoms with Gasteiger partial charge in [0.2, 0.25) is 5.91 Å². The average Bonchev–Trinajstić information content (AvgIpc) is 2.80. The molecule has 0 aromatic heterocycles. The molecule has 2 aromatic carbocycles. The number of nitrogens with zero attached hydrogens (tertiary/aromatic N) is 2. The maximum absolute atomic E-state index is 13.3. The lowest BCUT2D eigenvalue weighted by molar-refractivity contribution is -0.137. The molecule has 2 aliphatic heterocycles. The summed E-state index contributed by atoms with van der Waals surface area (Å²) in [6.45, 7) is 5.82. The maximum atomic E-state index is 13.3. The lowest BCUT2D eigenvalue weighted by Crippen LogP contribution is -2.61. The molecular formula is C24H26F3N3O2. The number of nitrogens with one attached hydrogen (secondary N) is 1. The Hall–Kier alpha value is -3.16. The van der Waals surface area contributed by atoms with Gasteiger partial charge in [-0.05, 0) is 42.3 Å². The Morgan fingerprint density at radius 1 is 1.25 bits per heavy atom. The highest BCUT2D eigenvalue weighted by molar-refractivity contribution is 5.82. The van der Waals surface area contributed by atoms with Crippen LogP contribution in [0.1, 0.15) is 11.1 Å². The van der Waals surface area contributed by atoms with Crippen molar-refractivity contribution >= 4 is 17.3 Å². The van der Waals surface area contributed by atoms with E-state index in [1.807, 2.05) is 24.3 Å². The van der Waals surface area contributed by atoms with Crippen molar-refractivity contribution in [1.29, 1.82) is 0 Å². The summed E-state index contributed by atoms with van der Waals surface area (Å²) >= 11 is 0. The van der Waals surface area contributed by atoms with E-state index in [1.54, 1.807) is 19.3 Å². The second-order valence-corrected chi connectivity index (χ2v) is 8.09. The first-order chi connectivity index (χ1) is 15.3. The zero-order valence-electron chi connectivity index (χ0n) is 17.9. The van der Waals surface area contributed by atoms with Crippen LogP contribution in [0.15, 0.2) is 55.1 Å². The number of methoxy groups -OCH3 is 1. The number of carbonyl (C=O) groups excluding carboxylic acids is 1. The van der Waals surface area contributed by atoms with Gasteiger partial charge in [0.25, 0.3) is 0 Å². The lowest BCUT2D eigenvalue weighted by atomic mass is 9.82. The molecule has 2 aliphatic rings. The standard InChI is InChI=1S/C24H26F3N3O2/c1-3-9-28-23(31)20-13-16-12-17(24(25,26)27)7-8-21(16)30-11-10-29(15-22(20)30)18-5-4-6-19(14-18)32-2/h3-8,12,14,20,22H,1,9-11,13,15H2,2H3,(H,28,31)/t20-,22+/m0/s1. The molecule has 1 N–H and O–H groups in total. The predicted molar refractivity (Wildman–Crippen MR) is 118 cm³/mol. The third-order valence-corrected chi connectivity index (χ3v) is 6.22. The smallest absolute Gasteiger partial charge is 0.416 e. The minimum atomic E-state index is -4.42. The molecule has 0 spiro atoms. The van der Waals surface area contributed by atoms with Gasteiger partial charge in [-0.3, -0.25) is 4.79 Å². The summed E-state index contributed by atoms with van der Waals surface area (Å²) < 4.78 is 45.2. The van der Waals surface area contributed by atoms with Crippen molar-refractivity contribution in [3.05, 3.63) is 66.2 Å². The molecule has 32 heavy (non-hydrogen) atoms. The van der Waals surface area contributed by atoms with Crippen molar-refractivity contribution in [2.75, 3.05) is 43.1 Å². The quantitative estimate of drug-likeness (QED) is 0.710. The van der Waals surface area contributed by atoms with Crippen LogP contribution >= 0.6 is 0 Å². The molecule has 0 bridgehead atoms. The number of halogens is 3. The molecule has 2 aromatic rings. The molecule has 0 saturated carbocycles. The van der Waals surface area contributed by atoms with Crippen molar-refractivity contribution < 1.29 is 22.7 Å². The van der Waals surface area contributed by atoms with E-state index in [0.29, 0.717) is 31.7 Å². The SMILES string of the molecule is C=CCNC(=O)[C@H]1Cc2cc(C(F)(F)F)ccc2N2CCN(c3cccc(OC)c3)C[C@H]12. The molecule has 0 unspecified atom stereocenters. The van der Waals surface area contributed by atoms with Gasteiger partial charge < -0.3 is 19.9 Å². The molecular weight excluding hydrogens is 419 g/mol. The van der Waals surface area contributed by atoms with Gasteiger partial charge in [0, 0.05) is 43.6 Å². The molecule has 1 fully saturated rings. The number of piperazine rings is 1. The fourth-order valence-corrected chi connectivity index (χ4v) is 4.64. The minimum absolute atomic E-state index is 0.163. The summed E-state index contributed by atoms with van der Waals surface area (Å²) in [7, 11) is 1.62. The van der Waals surface area contributed by atoms with Crippen LogP contribution in [0.2, 0.25) is 0 Å². The number of carbonyl (C=O) groups is 1. The summed E-state index contributed by atoms with van der Waals surface area (Å²) in [6, 6.07) is 11.4. The largest absolute Gasteiger partial charge is 0.497 e. The third-order valence-electron chi connectivity index (χ3n) is 6.22. The lowest BCUT2D eigenvalue weighted by Gasteiger charge is -2.49. The van der Waals surface area contributed by atoms with Crippen LogP contribution in [0, 0.1) is 5.92 Å². The first kappa shape index (κ1) is 22.0. The highest BCUT2D eigenvalue weighted by atomic mass is 19.4. The van der Waals surface area contributed by atoms with E-state index in [9.17, 15) is 18.0 Å². The second-order valence-electron chi connectivity index (χ2n) is 8.09. The number of rotatable bonds is 5.